The number of benzene rings is 1. The van der Waals surface area contributed by atoms with E-state index in [9.17, 15) is 4.79 Å². The first-order chi connectivity index (χ1) is 11.4. The third-order valence-corrected chi connectivity index (χ3v) is 3.72. The largest absolute Gasteiger partial charge is 0.493 e. The van der Waals surface area contributed by atoms with Crippen molar-refractivity contribution in [3.05, 3.63) is 28.9 Å². The van der Waals surface area contributed by atoms with Crippen LogP contribution in [0.15, 0.2) is 23.2 Å². The first kappa shape index (κ1) is 18.1. The molecule has 0 unspecified atom stereocenters. The highest BCUT2D eigenvalue weighted by atomic mass is 35.5. The highest BCUT2D eigenvalue weighted by molar-refractivity contribution is 6.35. The molecule has 7 nitrogen and oxygen atoms in total. The minimum Gasteiger partial charge on any atom is -0.493 e. The summed E-state index contributed by atoms with van der Waals surface area (Å²) in [5.74, 6) is 0.336. The van der Waals surface area contributed by atoms with Gasteiger partial charge in [0.05, 0.1) is 17.1 Å². The summed E-state index contributed by atoms with van der Waals surface area (Å²) in [7, 11) is 5.53. The van der Waals surface area contributed by atoms with Gasteiger partial charge in [0, 0.05) is 25.0 Å². The Morgan fingerprint density at radius 1 is 1.42 bits per heavy atom. The summed E-state index contributed by atoms with van der Waals surface area (Å²) >= 11 is 6.29. The van der Waals surface area contributed by atoms with Crippen LogP contribution in [0.2, 0.25) is 5.02 Å². The fourth-order valence-electron chi connectivity index (χ4n) is 2.18. The van der Waals surface area contributed by atoms with Gasteiger partial charge in [-0.05, 0) is 32.6 Å². The summed E-state index contributed by atoms with van der Waals surface area (Å²) in [6.07, 6.45) is 0.913. The van der Waals surface area contributed by atoms with Gasteiger partial charge in [-0.1, -0.05) is 11.6 Å². The third-order valence-electron chi connectivity index (χ3n) is 3.41. The van der Waals surface area contributed by atoms with Crippen LogP contribution in [0.25, 0.3) is 10.9 Å². The van der Waals surface area contributed by atoms with E-state index >= 15 is 0 Å². The van der Waals surface area contributed by atoms with Gasteiger partial charge >= 0.3 is 0 Å². The average molecular weight is 352 g/mol. The number of fused-ring (bicyclic) bond motifs is 1. The van der Waals surface area contributed by atoms with E-state index in [4.69, 9.17) is 22.1 Å². The average Bonchev–Trinajstić information content (AvgIpc) is 2.96. The number of amides is 1. The van der Waals surface area contributed by atoms with Crippen molar-refractivity contribution < 1.29 is 9.53 Å². The van der Waals surface area contributed by atoms with E-state index < -0.39 is 0 Å². The number of halogens is 1. The van der Waals surface area contributed by atoms with Crippen molar-refractivity contribution in [3.63, 3.8) is 0 Å². The van der Waals surface area contributed by atoms with Crippen molar-refractivity contribution in [1.82, 2.24) is 15.2 Å². The number of rotatable bonds is 6. The van der Waals surface area contributed by atoms with Crippen molar-refractivity contribution in [2.45, 2.75) is 6.42 Å². The predicted molar refractivity (Wildman–Crippen MR) is 97.0 cm³/mol. The SMILES string of the molecule is CN=C(N)NC(=O)c1cc2c(Cl)cc(OCCCN(C)C)cc2[nH]1. The number of carbonyl (C=O) groups is 1. The molecule has 0 aliphatic rings. The first-order valence-electron chi connectivity index (χ1n) is 7.54. The van der Waals surface area contributed by atoms with E-state index in [0.717, 1.165) is 23.9 Å². The second-order valence-corrected chi connectivity index (χ2v) is 6.02. The Kier molecular flexibility index (Phi) is 6.05. The van der Waals surface area contributed by atoms with Gasteiger partial charge < -0.3 is 20.4 Å². The van der Waals surface area contributed by atoms with E-state index in [2.05, 4.69) is 20.2 Å². The number of carbonyl (C=O) groups excluding carboxylic acids is 1. The van der Waals surface area contributed by atoms with E-state index in [1.54, 1.807) is 12.1 Å². The number of hydrogen-bond donors (Lipinski definition) is 3. The maximum Gasteiger partial charge on any atom is 0.274 e. The van der Waals surface area contributed by atoms with Crippen LogP contribution in [0.5, 0.6) is 5.75 Å². The van der Waals surface area contributed by atoms with Crippen LogP contribution >= 0.6 is 11.6 Å². The highest BCUT2D eigenvalue weighted by Crippen LogP contribution is 2.29. The lowest BCUT2D eigenvalue weighted by atomic mass is 10.2. The molecule has 0 saturated carbocycles. The van der Waals surface area contributed by atoms with Gasteiger partial charge in [-0.25, -0.2) is 0 Å². The lowest BCUT2D eigenvalue weighted by molar-refractivity contribution is 0.0972. The first-order valence-corrected chi connectivity index (χ1v) is 7.92. The summed E-state index contributed by atoms with van der Waals surface area (Å²) in [6, 6.07) is 5.24. The van der Waals surface area contributed by atoms with E-state index in [1.807, 2.05) is 20.2 Å². The molecule has 0 fully saturated rings. The zero-order valence-corrected chi connectivity index (χ0v) is 14.8. The van der Waals surface area contributed by atoms with Crippen molar-refractivity contribution in [1.29, 1.82) is 0 Å². The minimum absolute atomic E-state index is 0.0506. The topological polar surface area (TPSA) is 95.7 Å². The Morgan fingerprint density at radius 3 is 2.83 bits per heavy atom. The second-order valence-electron chi connectivity index (χ2n) is 5.62. The third kappa shape index (κ3) is 4.62. The molecule has 0 atom stereocenters. The molecule has 1 heterocycles. The van der Waals surface area contributed by atoms with Gasteiger partial charge in [0.2, 0.25) is 0 Å². The summed E-state index contributed by atoms with van der Waals surface area (Å²) in [6.45, 7) is 1.54. The fourth-order valence-corrected chi connectivity index (χ4v) is 2.45. The van der Waals surface area contributed by atoms with Crippen LogP contribution in [0.4, 0.5) is 0 Å². The smallest absolute Gasteiger partial charge is 0.274 e. The molecule has 1 amide bonds. The van der Waals surface area contributed by atoms with E-state index in [0.29, 0.717) is 23.1 Å². The Labute approximate surface area is 145 Å². The van der Waals surface area contributed by atoms with Crippen molar-refractivity contribution in [3.8, 4) is 5.75 Å². The highest BCUT2D eigenvalue weighted by Gasteiger charge is 2.13. The van der Waals surface area contributed by atoms with Crippen LogP contribution in [0.3, 0.4) is 0 Å². The zero-order chi connectivity index (χ0) is 17.7. The molecule has 130 valence electrons. The maximum absolute atomic E-state index is 12.1. The number of H-pyrrole nitrogens is 1. The van der Waals surface area contributed by atoms with Crippen molar-refractivity contribution in [2.75, 3.05) is 34.3 Å². The molecule has 8 heteroatoms. The zero-order valence-electron chi connectivity index (χ0n) is 14.0. The quantitative estimate of drug-likeness (QED) is 0.420. The number of aliphatic imine (C=N–C) groups is 1. The lowest BCUT2D eigenvalue weighted by Crippen LogP contribution is -2.36. The van der Waals surface area contributed by atoms with Gasteiger partial charge in [-0.3, -0.25) is 15.1 Å². The van der Waals surface area contributed by atoms with Crippen LogP contribution in [-0.2, 0) is 0 Å². The molecule has 1 aromatic heterocycles. The normalized spacial score (nSPS) is 12.0. The summed E-state index contributed by atoms with van der Waals surface area (Å²) in [5, 5.41) is 3.73. The predicted octanol–water partition coefficient (Wildman–Crippen LogP) is 1.83. The van der Waals surface area contributed by atoms with Crippen LogP contribution in [0, 0.1) is 0 Å². The molecule has 0 bridgehead atoms. The number of aromatic nitrogens is 1. The second kappa shape index (κ2) is 8.03. The van der Waals surface area contributed by atoms with Crippen molar-refractivity contribution >= 4 is 34.4 Å². The molecule has 1 aromatic carbocycles. The monoisotopic (exact) mass is 351 g/mol. The van der Waals surface area contributed by atoms with Gasteiger partial charge in [0.1, 0.15) is 11.4 Å². The number of nitrogens with two attached hydrogens (primary N) is 1. The number of ether oxygens (including phenoxy) is 1. The molecule has 0 radical (unpaired) electrons. The summed E-state index contributed by atoms with van der Waals surface area (Å²) in [5.41, 5.74) is 6.58. The molecule has 24 heavy (non-hydrogen) atoms. The fraction of sp³-hybridized carbons (Fsp3) is 0.375. The number of aromatic amines is 1. The number of nitrogens with zero attached hydrogens (tertiary/aromatic N) is 2. The Bertz CT molecular complexity index is 754. The van der Waals surface area contributed by atoms with Crippen LogP contribution in [0.1, 0.15) is 16.9 Å². The van der Waals surface area contributed by atoms with Crippen LogP contribution in [-0.4, -0.2) is 56.0 Å². The van der Waals surface area contributed by atoms with Gasteiger partial charge in [0.15, 0.2) is 5.96 Å². The molecule has 0 aliphatic heterocycles. The molecular formula is C16H22ClN5O2. The Morgan fingerprint density at radius 2 is 2.17 bits per heavy atom. The molecule has 2 rings (SSSR count). The molecule has 0 spiro atoms. The summed E-state index contributed by atoms with van der Waals surface area (Å²) in [4.78, 5) is 20.9. The minimum atomic E-state index is -0.376. The Balaban J connectivity index is 2.14. The van der Waals surface area contributed by atoms with E-state index in [-0.39, 0.29) is 11.9 Å². The Hall–Kier alpha value is -2.25. The van der Waals surface area contributed by atoms with Gasteiger partial charge in [0.25, 0.3) is 5.91 Å². The molecule has 0 saturated heterocycles. The lowest BCUT2D eigenvalue weighted by Gasteiger charge is -2.10. The molecule has 4 N–H and O–H groups in total. The molecular weight excluding hydrogens is 330 g/mol. The number of hydrogen-bond acceptors (Lipinski definition) is 4. The maximum atomic E-state index is 12.1. The van der Waals surface area contributed by atoms with E-state index in [1.165, 1.54) is 7.05 Å². The van der Waals surface area contributed by atoms with Gasteiger partial charge in [-0.15, -0.1) is 0 Å². The summed E-state index contributed by atoms with van der Waals surface area (Å²) < 4.78 is 5.73. The van der Waals surface area contributed by atoms with Crippen LogP contribution < -0.4 is 15.8 Å². The standard InChI is InChI=1S/C16H22ClN5O2/c1-19-16(18)21-15(23)14-9-11-12(17)7-10(8-13(11)20-14)24-6-4-5-22(2)3/h7-9,20H,4-6H2,1-3H3,(H3,18,19,21,23). The molecule has 0 aliphatic carbocycles. The number of guanidine groups is 1. The molecule has 2 aromatic rings. The van der Waals surface area contributed by atoms with Gasteiger partial charge in [-0.2, -0.15) is 0 Å². The van der Waals surface area contributed by atoms with Crippen molar-refractivity contribution in [2.24, 2.45) is 10.7 Å². The number of nitrogens with one attached hydrogen (secondary N) is 2.